The first-order valence-corrected chi connectivity index (χ1v) is 10.1. The molecule has 2 aromatic carbocycles. The molecule has 2 aromatic rings. The molecule has 0 aliphatic heterocycles. The largest absolute Gasteiger partial charge is 0.449 e. The van der Waals surface area contributed by atoms with Crippen LogP contribution in [0, 0.1) is 13.8 Å². The van der Waals surface area contributed by atoms with Gasteiger partial charge in [-0.05, 0) is 62.2 Å². The number of carbonyl (C=O) groups excluding carboxylic acids is 2. The van der Waals surface area contributed by atoms with E-state index in [2.05, 4.69) is 4.72 Å². The van der Waals surface area contributed by atoms with Crippen molar-refractivity contribution in [3.05, 3.63) is 59.2 Å². The van der Waals surface area contributed by atoms with Crippen molar-refractivity contribution in [1.82, 2.24) is 4.90 Å². The van der Waals surface area contributed by atoms with Gasteiger partial charge in [0.1, 0.15) is 0 Å². The van der Waals surface area contributed by atoms with Gasteiger partial charge in [-0.2, -0.15) is 0 Å². The number of hydrogen-bond donors (Lipinski definition) is 1. The number of aryl methyl sites for hydroxylation is 1. The quantitative estimate of drug-likeness (QED) is 0.748. The highest BCUT2D eigenvalue weighted by molar-refractivity contribution is 7.92. The van der Waals surface area contributed by atoms with Crippen LogP contribution in [0.1, 0.15) is 28.4 Å². The third-order valence-corrected chi connectivity index (χ3v) is 5.70. The van der Waals surface area contributed by atoms with Gasteiger partial charge in [0.2, 0.25) is 0 Å². The summed E-state index contributed by atoms with van der Waals surface area (Å²) >= 11 is 0. The molecule has 1 atom stereocenters. The Bertz CT molecular complexity index is 982. The number of anilines is 1. The van der Waals surface area contributed by atoms with Crippen LogP contribution in [0.3, 0.4) is 0 Å². The molecule has 0 aliphatic rings. The number of esters is 1. The molecule has 0 radical (unpaired) electrons. The number of amides is 1. The summed E-state index contributed by atoms with van der Waals surface area (Å²) in [5.74, 6) is -1.04. The van der Waals surface area contributed by atoms with Gasteiger partial charge >= 0.3 is 5.97 Å². The zero-order chi connectivity index (χ0) is 21.1. The Labute approximate surface area is 165 Å². The first-order valence-electron chi connectivity index (χ1n) is 8.64. The van der Waals surface area contributed by atoms with Gasteiger partial charge in [0, 0.05) is 14.1 Å². The van der Waals surface area contributed by atoms with Gasteiger partial charge in [-0.25, -0.2) is 13.2 Å². The molecule has 1 N–H and O–H groups in total. The first kappa shape index (κ1) is 21.4. The lowest BCUT2D eigenvalue weighted by atomic mass is 10.1. The average molecular weight is 404 g/mol. The maximum Gasteiger partial charge on any atom is 0.338 e. The van der Waals surface area contributed by atoms with Crippen molar-refractivity contribution in [1.29, 1.82) is 0 Å². The minimum absolute atomic E-state index is 0.0161. The zero-order valence-electron chi connectivity index (χ0n) is 16.5. The molecule has 150 valence electrons. The number of nitrogens with zero attached hydrogens (tertiary/aromatic N) is 1. The van der Waals surface area contributed by atoms with E-state index in [0.717, 1.165) is 11.1 Å². The van der Waals surface area contributed by atoms with Crippen LogP contribution in [0.4, 0.5) is 5.69 Å². The molecular formula is C20H24N2O5S. The Kier molecular flexibility index (Phi) is 6.45. The third-order valence-electron chi connectivity index (χ3n) is 4.32. The predicted molar refractivity (Wildman–Crippen MR) is 107 cm³/mol. The number of benzene rings is 2. The molecule has 0 saturated heterocycles. The number of sulfonamides is 1. The summed E-state index contributed by atoms with van der Waals surface area (Å²) in [4.78, 5) is 25.3. The van der Waals surface area contributed by atoms with Crippen LogP contribution in [0.2, 0.25) is 0 Å². The van der Waals surface area contributed by atoms with Crippen molar-refractivity contribution < 1.29 is 22.7 Å². The van der Waals surface area contributed by atoms with E-state index < -0.39 is 22.1 Å². The Hall–Kier alpha value is -2.87. The van der Waals surface area contributed by atoms with Gasteiger partial charge in [-0.15, -0.1) is 0 Å². The van der Waals surface area contributed by atoms with Crippen LogP contribution >= 0.6 is 0 Å². The summed E-state index contributed by atoms with van der Waals surface area (Å²) in [6.45, 7) is 5.21. The number of hydrogen-bond acceptors (Lipinski definition) is 5. The molecule has 28 heavy (non-hydrogen) atoms. The Balaban J connectivity index is 2.15. The fourth-order valence-electron chi connectivity index (χ4n) is 2.48. The van der Waals surface area contributed by atoms with Gasteiger partial charge in [-0.3, -0.25) is 9.52 Å². The molecule has 0 aliphatic carbocycles. The molecule has 0 spiro atoms. The van der Waals surface area contributed by atoms with Gasteiger partial charge < -0.3 is 9.64 Å². The topological polar surface area (TPSA) is 92.8 Å². The van der Waals surface area contributed by atoms with E-state index in [1.165, 1.54) is 36.1 Å². The lowest BCUT2D eigenvalue weighted by Gasteiger charge is -2.17. The van der Waals surface area contributed by atoms with Gasteiger partial charge in [-0.1, -0.05) is 12.1 Å². The first-order chi connectivity index (χ1) is 13.0. The van der Waals surface area contributed by atoms with Crippen LogP contribution in [0.15, 0.2) is 47.4 Å². The summed E-state index contributed by atoms with van der Waals surface area (Å²) in [5, 5.41) is 0. The monoisotopic (exact) mass is 404 g/mol. The van der Waals surface area contributed by atoms with Crippen LogP contribution in [-0.2, 0) is 19.6 Å². The summed E-state index contributed by atoms with van der Waals surface area (Å²) in [6, 6.07) is 10.7. The number of nitrogens with one attached hydrogen (secondary N) is 1. The normalized spacial score (nSPS) is 12.2. The smallest absolute Gasteiger partial charge is 0.338 e. The SMILES string of the molecule is Cc1cccc(NS(=O)(=O)c2ccc(C(=O)O[C@H](C)C(=O)N(C)C)cc2)c1C. The van der Waals surface area contributed by atoms with Crippen molar-refractivity contribution in [3.63, 3.8) is 0 Å². The molecule has 0 saturated carbocycles. The van der Waals surface area contributed by atoms with Crippen molar-refractivity contribution in [3.8, 4) is 0 Å². The molecule has 0 heterocycles. The average Bonchev–Trinajstić information content (AvgIpc) is 2.64. The van der Waals surface area contributed by atoms with Crippen molar-refractivity contribution in [2.75, 3.05) is 18.8 Å². The summed E-state index contributed by atoms with van der Waals surface area (Å²) in [5.41, 5.74) is 2.47. The predicted octanol–water partition coefficient (Wildman–Crippen LogP) is 2.74. The summed E-state index contributed by atoms with van der Waals surface area (Å²) in [6.07, 6.45) is -0.933. The van der Waals surface area contributed by atoms with Gasteiger partial charge in [0.25, 0.3) is 15.9 Å². The zero-order valence-corrected chi connectivity index (χ0v) is 17.3. The second-order valence-corrected chi connectivity index (χ2v) is 8.34. The molecule has 0 aromatic heterocycles. The molecule has 0 fully saturated rings. The van der Waals surface area contributed by atoms with Crippen LogP contribution < -0.4 is 4.72 Å². The molecule has 1 amide bonds. The van der Waals surface area contributed by atoms with Crippen molar-refractivity contribution >= 4 is 27.6 Å². The van der Waals surface area contributed by atoms with Gasteiger partial charge in [0.15, 0.2) is 6.10 Å². The summed E-state index contributed by atoms with van der Waals surface area (Å²) in [7, 11) is -0.676. The number of ether oxygens (including phenoxy) is 1. The summed E-state index contributed by atoms with van der Waals surface area (Å²) < 4.78 is 32.9. The lowest BCUT2D eigenvalue weighted by molar-refractivity contribution is -0.137. The lowest BCUT2D eigenvalue weighted by Crippen LogP contribution is -2.34. The number of likely N-dealkylation sites (N-methyl/N-ethyl adjacent to an activating group) is 1. The third kappa shape index (κ3) is 4.89. The minimum atomic E-state index is -3.81. The van der Waals surface area contributed by atoms with E-state index in [0.29, 0.717) is 5.69 Å². The Morgan fingerprint density at radius 1 is 1.04 bits per heavy atom. The minimum Gasteiger partial charge on any atom is -0.449 e. The molecule has 2 rings (SSSR count). The number of carbonyl (C=O) groups is 2. The van der Waals surface area contributed by atoms with E-state index in [4.69, 9.17) is 4.74 Å². The molecule has 7 nitrogen and oxygen atoms in total. The molecule has 0 unspecified atom stereocenters. The van der Waals surface area contributed by atoms with E-state index >= 15 is 0 Å². The van der Waals surface area contributed by atoms with Crippen LogP contribution in [0.25, 0.3) is 0 Å². The highest BCUT2D eigenvalue weighted by Crippen LogP contribution is 2.22. The Morgan fingerprint density at radius 3 is 2.21 bits per heavy atom. The fraction of sp³-hybridized carbons (Fsp3) is 0.300. The van der Waals surface area contributed by atoms with Crippen LogP contribution in [0.5, 0.6) is 0 Å². The Morgan fingerprint density at radius 2 is 1.64 bits per heavy atom. The second-order valence-electron chi connectivity index (χ2n) is 6.66. The molecular weight excluding hydrogens is 380 g/mol. The molecule has 0 bridgehead atoms. The van der Waals surface area contributed by atoms with E-state index in [1.807, 2.05) is 19.9 Å². The number of rotatable bonds is 6. The van der Waals surface area contributed by atoms with E-state index in [1.54, 1.807) is 26.2 Å². The van der Waals surface area contributed by atoms with Crippen molar-refractivity contribution in [2.24, 2.45) is 0 Å². The van der Waals surface area contributed by atoms with E-state index in [9.17, 15) is 18.0 Å². The van der Waals surface area contributed by atoms with Crippen LogP contribution in [-0.4, -0.2) is 45.4 Å². The van der Waals surface area contributed by atoms with E-state index in [-0.39, 0.29) is 16.4 Å². The van der Waals surface area contributed by atoms with Gasteiger partial charge in [0.05, 0.1) is 16.1 Å². The maximum absolute atomic E-state index is 12.6. The maximum atomic E-state index is 12.6. The molecule has 8 heteroatoms. The highest BCUT2D eigenvalue weighted by atomic mass is 32.2. The second kappa shape index (κ2) is 8.43. The fourth-order valence-corrected chi connectivity index (χ4v) is 3.60. The standard InChI is InChI=1S/C20H24N2O5S/c1-13-7-6-8-18(14(13)2)21-28(25,26)17-11-9-16(10-12-17)20(24)27-15(3)19(23)22(4)5/h6-12,15,21H,1-5H3/t15-/m1/s1. The highest BCUT2D eigenvalue weighted by Gasteiger charge is 2.21. The van der Waals surface area contributed by atoms with Crippen molar-refractivity contribution in [2.45, 2.75) is 31.8 Å².